The molecule has 1 aliphatic heterocycles. The van der Waals surface area contributed by atoms with Crippen LogP contribution in [0.25, 0.3) is 0 Å². The number of nitrogens with zero attached hydrogens (tertiary/aromatic N) is 2. The predicted molar refractivity (Wildman–Crippen MR) is 124 cm³/mol. The Morgan fingerprint density at radius 2 is 2.23 bits per heavy atom. The minimum absolute atomic E-state index is 0.0766. The Kier molecular flexibility index (Phi) is 8.90. The first kappa shape index (κ1) is 23.7. The summed E-state index contributed by atoms with van der Waals surface area (Å²) >= 11 is 1.75. The number of fused-ring (bicyclic) bond motifs is 1. The van der Waals surface area contributed by atoms with Gasteiger partial charge in [-0.15, -0.1) is 11.3 Å². The zero-order valence-electron chi connectivity index (χ0n) is 18.8. The monoisotopic (exact) mass is 446 g/mol. The number of amides is 1. The second kappa shape index (κ2) is 11.6. The molecule has 170 valence electrons. The van der Waals surface area contributed by atoms with Crippen LogP contribution >= 0.6 is 11.3 Å². The molecule has 0 saturated carbocycles. The van der Waals surface area contributed by atoms with Crippen LogP contribution in [0.1, 0.15) is 35.4 Å². The van der Waals surface area contributed by atoms with Gasteiger partial charge in [-0.3, -0.25) is 9.69 Å². The van der Waals surface area contributed by atoms with E-state index in [9.17, 15) is 9.90 Å². The van der Waals surface area contributed by atoms with Gasteiger partial charge in [0.1, 0.15) is 12.4 Å². The first-order valence-electron chi connectivity index (χ1n) is 10.9. The van der Waals surface area contributed by atoms with Gasteiger partial charge in [-0.25, -0.2) is 0 Å². The van der Waals surface area contributed by atoms with Crippen LogP contribution in [0.3, 0.4) is 0 Å². The quantitative estimate of drug-likeness (QED) is 0.537. The summed E-state index contributed by atoms with van der Waals surface area (Å²) in [6, 6.07) is 10.0. The molecule has 0 spiro atoms. The summed E-state index contributed by atoms with van der Waals surface area (Å²) in [7, 11) is 1.68. The van der Waals surface area contributed by atoms with Crippen molar-refractivity contribution < 1.29 is 19.4 Å². The number of aliphatic hydroxyl groups excluding tert-OH is 1. The first-order chi connectivity index (χ1) is 15.0. The summed E-state index contributed by atoms with van der Waals surface area (Å²) in [5, 5.41) is 12.0. The van der Waals surface area contributed by atoms with E-state index >= 15 is 0 Å². The van der Waals surface area contributed by atoms with Crippen LogP contribution in [-0.4, -0.2) is 73.4 Å². The van der Waals surface area contributed by atoms with Crippen LogP contribution in [0, 0.1) is 6.92 Å². The van der Waals surface area contributed by atoms with Crippen LogP contribution in [0.4, 0.5) is 0 Å². The Morgan fingerprint density at radius 1 is 1.39 bits per heavy atom. The highest BCUT2D eigenvalue weighted by atomic mass is 32.1. The number of thiophene rings is 1. The maximum absolute atomic E-state index is 13.3. The van der Waals surface area contributed by atoms with Gasteiger partial charge >= 0.3 is 0 Å². The zero-order valence-corrected chi connectivity index (χ0v) is 19.6. The number of hydrogen-bond acceptors (Lipinski definition) is 6. The van der Waals surface area contributed by atoms with Crippen molar-refractivity contribution in [1.29, 1.82) is 0 Å². The predicted octanol–water partition coefficient (Wildman–Crippen LogP) is 3.28. The van der Waals surface area contributed by atoms with E-state index in [1.807, 2.05) is 41.0 Å². The van der Waals surface area contributed by atoms with E-state index < -0.39 is 6.10 Å². The molecule has 1 aliphatic rings. The molecule has 31 heavy (non-hydrogen) atoms. The van der Waals surface area contributed by atoms with Crippen LogP contribution in [-0.2, 0) is 16.0 Å². The minimum atomic E-state index is -0.486. The first-order valence-corrected chi connectivity index (χ1v) is 11.8. The average molecular weight is 447 g/mol. The number of carbonyl (C=O) groups is 1. The SMILES string of the molecule is COCCCN(CC(=O)N1CCc2sccc2[C@@H]1COc1cccc(C)c1)C[C@@H](C)O. The van der Waals surface area contributed by atoms with Gasteiger partial charge in [0.2, 0.25) is 5.91 Å². The molecule has 6 nitrogen and oxygen atoms in total. The Hall–Kier alpha value is -1.93. The molecule has 0 bridgehead atoms. The highest BCUT2D eigenvalue weighted by Crippen LogP contribution is 2.34. The Morgan fingerprint density at radius 3 is 2.97 bits per heavy atom. The molecule has 1 amide bonds. The molecule has 1 N–H and O–H groups in total. The highest BCUT2D eigenvalue weighted by molar-refractivity contribution is 7.10. The standard InChI is InChI=1S/C24H34N2O4S/c1-18-6-4-7-20(14-18)30-17-22-21-9-13-31-23(21)8-11-26(22)24(28)16-25(15-19(2)27)10-5-12-29-3/h4,6-7,9,13-14,19,22,27H,5,8,10-12,15-17H2,1-3H3/t19-,22+/m1/s1. The van der Waals surface area contributed by atoms with Crippen LogP contribution in [0.15, 0.2) is 35.7 Å². The van der Waals surface area contributed by atoms with Crippen molar-refractivity contribution in [2.75, 3.05) is 46.5 Å². The molecule has 2 atom stereocenters. The second-order valence-corrected chi connectivity index (χ2v) is 9.21. The van der Waals surface area contributed by atoms with Crippen LogP contribution < -0.4 is 4.74 Å². The molecule has 0 saturated heterocycles. The fourth-order valence-corrected chi connectivity index (χ4v) is 5.01. The molecule has 7 heteroatoms. The average Bonchev–Trinajstić information content (AvgIpc) is 3.20. The van der Waals surface area contributed by atoms with Gasteiger partial charge in [0.25, 0.3) is 0 Å². The lowest BCUT2D eigenvalue weighted by molar-refractivity contribution is -0.136. The molecule has 0 radical (unpaired) electrons. The number of hydrogen-bond donors (Lipinski definition) is 1. The van der Waals surface area contributed by atoms with Gasteiger partial charge in [-0.05, 0) is 61.4 Å². The molecule has 0 aliphatic carbocycles. The normalized spacial score (nSPS) is 16.9. The molecule has 2 aromatic rings. The lowest BCUT2D eigenvalue weighted by Gasteiger charge is -2.37. The topological polar surface area (TPSA) is 62.2 Å². The van der Waals surface area contributed by atoms with E-state index in [-0.39, 0.29) is 18.5 Å². The van der Waals surface area contributed by atoms with E-state index in [1.165, 1.54) is 10.4 Å². The van der Waals surface area contributed by atoms with E-state index in [2.05, 4.69) is 11.4 Å². The maximum Gasteiger partial charge on any atom is 0.237 e. The lowest BCUT2D eigenvalue weighted by atomic mass is 10.0. The molecule has 0 fully saturated rings. The molecular weight excluding hydrogens is 412 g/mol. The van der Waals surface area contributed by atoms with Crippen LogP contribution in [0.5, 0.6) is 5.75 Å². The van der Waals surface area contributed by atoms with Crippen molar-refractivity contribution in [2.24, 2.45) is 0 Å². The largest absolute Gasteiger partial charge is 0.491 e. The molecule has 1 aromatic carbocycles. The third-order valence-electron chi connectivity index (χ3n) is 5.52. The van der Waals surface area contributed by atoms with Crippen molar-refractivity contribution in [1.82, 2.24) is 9.80 Å². The van der Waals surface area contributed by atoms with Crippen LogP contribution in [0.2, 0.25) is 0 Å². The Bertz CT molecular complexity index is 838. The van der Waals surface area contributed by atoms with Gasteiger partial charge in [-0.1, -0.05) is 12.1 Å². The summed E-state index contributed by atoms with van der Waals surface area (Å²) in [4.78, 5) is 18.7. The zero-order chi connectivity index (χ0) is 22.2. The third kappa shape index (κ3) is 6.77. The van der Waals surface area contributed by atoms with Gasteiger partial charge < -0.3 is 19.5 Å². The van der Waals surface area contributed by atoms with E-state index in [0.29, 0.717) is 32.8 Å². The number of aryl methyl sites for hydroxylation is 1. The van der Waals surface area contributed by atoms with Crippen molar-refractivity contribution >= 4 is 17.2 Å². The van der Waals surface area contributed by atoms with Crippen molar-refractivity contribution in [3.8, 4) is 5.75 Å². The number of ether oxygens (including phenoxy) is 2. The van der Waals surface area contributed by atoms with Gasteiger partial charge in [0.15, 0.2) is 0 Å². The number of benzene rings is 1. The third-order valence-corrected chi connectivity index (χ3v) is 6.51. The summed E-state index contributed by atoms with van der Waals surface area (Å²) in [5.41, 5.74) is 2.34. The molecule has 1 aromatic heterocycles. The van der Waals surface area contributed by atoms with E-state index in [0.717, 1.165) is 24.2 Å². The number of aliphatic hydroxyl groups is 1. The maximum atomic E-state index is 13.3. The van der Waals surface area contributed by atoms with E-state index in [1.54, 1.807) is 25.4 Å². The smallest absolute Gasteiger partial charge is 0.237 e. The lowest BCUT2D eigenvalue weighted by Crippen LogP contribution is -2.47. The van der Waals surface area contributed by atoms with Crippen molar-refractivity contribution in [3.63, 3.8) is 0 Å². The Balaban J connectivity index is 1.71. The minimum Gasteiger partial charge on any atom is -0.491 e. The Labute approximate surface area is 189 Å². The number of carbonyl (C=O) groups excluding carboxylic acids is 1. The summed E-state index contributed by atoms with van der Waals surface area (Å²) in [6.07, 6.45) is 1.21. The summed E-state index contributed by atoms with van der Waals surface area (Å²) in [6.45, 7) is 7.03. The number of methoxy groups -OCH3 is 1. The summed E-state index contributed by atoms with van der Waals surface area (Å²) < 4.78 is 11.3. The highest BCUT2D eigenvalue weighted by Gasteiger charge is 2.32. The van der Waals surface area contributed by atoms with Gasteiger partial charge in [-0.2, -0.15) is 0 Å². The molecule has 2 heterocycles. The molecule has 0 unspecified atom stereocenters. The van der Waals surface area contributed by atoms with Crippen molar-refractivity contribution in [3.05, 3.63) is 51.7 Å². The fraction of sp³-hybridized carbons (Fsp3) is 0.542. The van der Waals surface area contributed by atoms with Gasteiger partial charge in [0, 0.05) is 38.2 Å². The van der Waals surface area contributed by atoms with E-state index in [4.69, 9.17) is 9.47 Å². The number of rotatable bonds is 11. The molecular formula is C24H34N2O4S. The fourth-order valence-electron chi connectivity index (χ4n) is 4.08. The molecule has 3 rings (SSSR count). The van der Waals surface area contributed by atoms with Gasteiger partial charge in [0.05, 0.1) is 18.7 Å². The second-order valence-electron chi connectivity index (χ2n) is 8.21. The van der Waals surface area contributed by atoms with Crippen molar-refractivity contribution in [2.45, 2.75) is 38.8 Å². The summed E-state index contributed by atoms with van der Waals surface area (Å²) in [5.74, 6) is 0.901.